The maximum Gasteiger partial charge on any atom is 0.0886 e. The number of piperidine rings is 1. The van der Waals surface area contributed by atoms with Gasteiger partial charge in [-0.15, -0.1) is 0 Å². The fraction of sp³-hybridized carbons (Fsp3) is 0.520. The first-order chi connectivity index (χ1) is 13.1. The second-order valence-corrected chi connectivity index (χ2v) is 9.15. The van der Waals surface area contributed by atoms with Crippen molar-refractivity contribution in [3.8, 4) is 0 Å². The van der Waals surface area contributed by atoms with Gasteiger partial charge in [0.2, 0.25) is 0 Å². The van der Waals surface area contributed by atoms with Crippen molar-refractivity contribution in [1.29, 1.82) is 0 Å². The van der Waals surface area contributed by atoms with E-state index in [4.69, 9.17) is 0 Å². The molecule has 2 aliphatic rings. The van der Waals surface area contributed by atoms with E-state index in [1.165, 1.54) is 68.2 Å². The lowest BCUT2D eigenvalue weighted by atomic mass is 9.96. The van der Waals surface area contributed by atoms with Crippen LogP contribution in [0.1, 0.15) is 43.2 Å². The van der Waals surface area contributed by atoms with E-state index in [9.17, 15) is 0 Å². The first-order valence-electron chi connectivity index (χ1n) is 10.8. The van der Waals surface area contributed by atoms with Gasteiger partial charge in [-0.1, -0.05) is 42.5 Å². The summed E-state index contributed by atoms with van der Waals surface area (Å²) in [6.07, 6.45) is 9.27. The van der Waals surface area contributed by atoms with Crippen LogP contribution in [0.25, 0.3) is 0 Å². The molecule has 1 fully saturated rings. The minimum atomic E-state index is 0. The van der Waals surface area contributed by atoms with E-state index in [1.54, 1.807) is 11.1 Å². The van der Waals surface area contributed by atoms with Crippen LogP contribution in [0, 0.1) is 0 Å². The fourth-order valence-electron chi connectivity index (χ4n) is 5.32. The van der Waals surface area contributed by atoms with Gasteiger partial charge >= 0.3 is 0 Å². The molecule has 0 bridgehead atoms. The van der Waals surface area contributed by atoms with Crippen molar-refractivity contribution < 1.29 is 28.5 Å². The van der Waals surface area contributed by atoms with Crippen LogP contribution < -0.4 is 28.9 Å². The minimum Gasteiger partial charge on any atom is -1.00 e. The largest absolute Gasteiger partial charge is 1.00 e. The maximum absolute atomic E-state index is 2.70. The van der Waals surface area contributed by atoms with Crippen molar-refractivity contribution in [3.05, 3.63) is 65.7 Å². The van der Waals surface area contributed by atoms with Crippen LogP contribution in [0.2, 0.25) is 0 Å². The van der Waals surface area contributed by atoms with Gasteiger partial charge in [0.1, 0.15) is 0 Å². The molecule has 152 valence electrons. The monoisotopic (exact) mass is 490 g/mol. The van der Waals surface area contributed by atoms with Crippen LogP contribution in [0.15, 0.2) is 54.6 Å². The first-order valence-corrected chi connectivity index (χ1v) is 10.8. The Morgan fingerprint density at radius 3 is 2.18 bits per heavy atom. The van der Waals surface area contributed by atoms with E-state index in [1.807, 2.05) is 0 Å². The molecule has 0 saturated carbocycles. The summed E-state index contributed by atoms with van der Waals surface area (Å²) < 4.78 is 1.22. The van der Waals surface area contributed by atoms with E-state index < -0.39 is 0 Å². The van der Waals surface area contributed by atoms with Gasteiger partial charge in [0.15, 0.2) is 0 Å². The highest BCUT2D eigenvalue weighted by atomic mass is 127. The van der Waals surface area contributed by atoms with Crippen LogP contribution in [-0.2, 0) is 12.8 Å². The Labute approximate surface area is 188 Å². The Morgan fingerprint density at radius 1 is 0.893 bits per heavy atom. The van der Waals surface area contributed by atoms with E-state index in [-0.39, 0.29) is 24.0 Å². The lowest BCUT2D eigenvalue weighted by Crippen LogP contribution is -3.00. The summed E-state index contributed by atoms with van der Waals surface area (Å²) in [7, 11) is 4.87. The predicted molar refractivity (Wildman–Crippen MR) is 115 cm³/mol. The number of rotatable bonds is 6. The van der Waals surface area contributed by atoms with Gasteiger partial charge in [-0.25, -0.2) is 0 Å². The Morgan fingerprint density at radius 2 is 1.54 bits per heavy atom. The smallest absolute Gasteiger partial charge is 0.0886 e. The van der Waals surface area contributed by atoms with Crippen molar-refractivity contribution >= 4 is 5.69 Å². The average molecular weight is 490 g/mol. The molecule has 0 spiro atoms. The molecule has 28 heavy (non-hydrogen) atoms. The van der Waals surface area contributed by atoms with Gasteiger partial charge in [0.05, 0.1) is 26.7 Å². The second kappa shape index (κ2) is 9.62. The molecule has 0 amide bonds. The standard InChI is InChI=1S/C25H35N2.HI/c1-27(2)18-9-8-15-25(27)16-10-17-26(23-13-4-3-5-14-23)24-19-21-11-6-7-12-22(21)20-24;/h3-7,11-14,24-25H,8-10,15-20H2,1-2H3;1H/q+1;/p-1. The summed E-state index contributed by atoms with van der Waals surface area (Å²) in [5.41, 5.74) is 4.50. The van der Waals surface area contributed by atoms with Crippen molar-refractivity contribution in [2.45, 2.75) is 57.0 Å². The number of hydrogen-bond donors (Lipinski definition) is 0. The summed E-state index contributed by atoms with van der Waals surface area (Å²) in [6.45, 7) is 2.53. The zero-order valence-electron chi connectivity index (χ0n) is 17.5. The molecule has 3 heteroatoms. The molecular formula is C25H35IN2. The highest BCUT2D eigenvalue weighted by Crippen LogP contribution is 2.30. The molecule has 0 aromatic heterocycles. The number of halogens is 1. The van der Waals surface area contributed by atoms with Crippen LogP contribution in [0.3, 0.4) is 0 Å². The number of fused-ring (bicyclic) bond motifs is 1. The average Bonchev–Trinajstić information content (AvgIpc) is 3.10. The third-order valence-electron chi connectivity index (χ3n) is 7.00. The summed E-state index contributed by atoms with van der Waals surface area (Å²) in [5, 5.41) is 0. The zero-order chi connectivity index (χ0) is 18.7. The third kappa shape index (κ3) is 4.91. The van der Waals surface area contributed by atoms with Crippen molar-refractivity contribution in [2.75, 3.05) is 32.1 Å². The molecule has 2 aromatic rings. The Bertz CT molecular complexity index is 718. The second-order valence-electron chi connectivity index (χ2n) is 9.15. The third-order valence-corrected chi connectivity index (χ3v) is 7.00. The van der Waals surface area contributed by atoms with Crippen molar-refractivity contribution in [3.63, 3.8) is 0 Å². The molecule has 4 rings (SSSR count). The predicted octanol–water partition coefficient (Wildman–Crippen LogP) is 2.07. The summed E-state index contributed by atoms with van der Waals surface area (Å²) in [4.78, 5) is 2.70. The number of hydrogen-bond acceptors (Lipinski definition) is 1. The molecule has 0 N–H and O–H groups in total. The topological polar surface area (TPSA) is 3.24 Å². The van der Waals surface area contributed by atoms with Crippen LogP contribution in [0.5, 0.6) is 0 Å². The first kappa shape index (κ1) is 21.6. The van der Waals surface area contributed by atoms with Gasteiger partial charge in [0, 0.05) is 24.7 Å². The van der Waals surface area contributed by atoms with Gasteiger partial charge in [0.25, 0.3) is 0 Å². The SMILES string of the molecule is C[N+]1(C)CCCCC1CCCN(c1ccccc1)C1Cc2ccccc2C1.[I-]. The Balaban J connectivity index is 0.00000225. The van der Waals surface area contributed by atoms with Crippen molar-refractivity contribution in [1.82, 2.24) is 0 Å². The summed E-state index contributed by atoms with van der Waals surface area (Å²) in [6, 6.07) is 21.6. The highest BCUT2D eigenvalue weighted by molar-refractivity contribution is 5.49. The Hall–Kier alpha value is -1.07. The number of benzene rings is 2. The number of para-hydroxylation sites is 1. The minimum absolute atomic E-state index is 0. The number of nitrogens with zero attached hydrogens (tertiary/aromatic N) is 2. The quantitative estimate of drug-likeness (QED) is 0.443. The van der Waals surface area contributed by atoms with Crippen molar-refractivity contribution in [2.24, 2.45) is 0 Å². The van der Waals surface area contributed by atoms with Gasteiger partial charge < -0.3 is 33.4 Å². The molecule has 1 aliphatic carbocycles. The van der Waals surface area contributed by atoms with E-state index in [0.29, 0.717) is 6.04 Å². The normalized spacial score (nSPS) is 21.0. The molecule has 2 aromatic carbocycles. The van der Waals surface area contributed by atoms with Gasteiger partial charge in [-0.3, -0.25) is 0 Å². The molecular weight excluding hydrogens is 455 g/mol. The van der Waals surface area contributed by atoms with Gasteiger partial charge in [-0.05, 0) is 61.8 Å². The van der Waals surface area contributed by atoms with Crippen LogP contribution >= 0.6 is 0 Å². The zero-order valence-corrected chi connectivity index (χ0v) is 19.6. The number of anilines is 1. The van der Waals surface area contributed by atoms with Crippen LogP contribution in [0.4, 0.5) is 5.69 Å². The van der Waals surface area contributed by atoms with E-state index in [2.05, 4.69) is 73.6 Å². The summed E-state index contributed by atoms with van der Waals surface area (Å²) >= 11 is 0. The summed E-state index contributed by atoms with van der Waals surface area (Å²) in [5.74, 6) is 0. The van der Waals surface area contributed by atoms with Gasteiger partial charge in [-0.2, -0.15) is 0 Å². The molecule has 2 nitrogen and oxygen atoms in total. The fourth-order valence-corrected chi connectivity index (χ4v) is 5.32. The Kier molecular flexibility index (Phi) is 7.43. The number of likely N-dealkylation sites (tertiary alicyclic amines) is 1. The molecule has 1 saturated heterocycles. The highest BCUT2D eigenvalue weighted by Gasteiger charge is 2.32. The van der Waals surface area contributed by atoms with E-state index in [0.717, 1.165) is 6.04 Å². The van der Waals surface area contributed by atoms with Crippen LogP contribution in [-0.4, -0.2) is 43.8 Å². The maximum atomic E-state index is 2.70. The molecule has 1 unspecified atom stereocenters. The molecule has 1 atom stereocenters. The molecule has 0 radical (unpaired) electrons. The number of quaternary nitrogens is 1. The van der Waals surface area contributed by atoms with E-state index >= 15 is 0 Å². The molecule has 1 aliphatic heterocycles. The lowest BCUT2D eigenvalue weighted by molar-refractivity contribution is -0.920. The lowest BCUT2D eigenvalue weighted by Gasteiger charge is -2.42. The molecule has 1 heterocycles.